The molecule has 0 N–H and O–H groups in total. The first-order valence-corrected chi connectivity index (χ1v) is 6.39. The Morgan fingerprint density at radius 3 is 2.62 bits per heavy atom. The lowest BCUT2D eigenvalue weighted by Crippen LogP contribution is -2.17. The van der Waals surface area contributed by atoms with Crippen LogP contribution < -0.4 is 0 Å². The van der Waals surface area contributed by atoms with Gasteiger partial charge < -0.3 is 0 Å². The summed E-state index contributed by atoms with van der Waals surface area (Å²) >= 11 is 0. The fourth-order valence-electron chi connectivity index (χ4n) is 2.42. The minimum absolute atomic E-state index is 0.316. The lowest BCUT2D eigenvalue weighted by molar-refractivity contribution is 0.552. The van der Waals surface area contributed by atoms with Gasteiger partial charge in [0.15, 0.2) is 0 Å². The van der Waals surface area contributed by atoms with Gasteiger partial charge >= 0.3 is 0 Å². The van der Waals surface area contributed by atoms with Crippen molar-refractivity contribution < 1.29 is 0 Å². The molecule has 1 aliphatic carbocycles. The van der Waals surface area contributed by atoms with Crippen LogP contribution in [0.4, 0.5) is 0 Å². The maximum absolute atomic E-state index is 4.90. The van der Waals surface area contributed by atoms with Crippen molar-refractivity contribution in [1.29, 1.82) is 0 Å². The molecule has 0 amide bonds. The predicted octanol–water partition coefficient (Wildman–Crippen LogP) is 4.40. The minimum Gasteiger partial charge on any atom is -0.286 e. The normalized spacial score (nSPS) is 25.6. The molecule has 0 heterocycles. The van der Waals surface area contributed by atoms with Crippen molar-refractivity contribution in [2.75, 3.05) is 0 Å². The number of rotatable bonds is 2. The second kappa shape index (κ2) is 5.29. The van der Waals surface area contributed by atoms with Gasteiger partial charge in [-0.15, -0.1) is 0 Å². The molecule has 1 aromatic carbocycles. The quantitative estimate of drug-likeness (QED) is 0.693. The van der Waals surface area contributed by atoms with Crippen LogP contribution in [0.25, 0.3) is 0 Å². The highest BCUT2D eigenvalue weighted by Gasteiger charge is 2.16. The molecule has 2 unspecified atom stereocenters. The van der Waals surface area contributed by atoms with Crippen molar-refractivity contribution >= 4 is 5.71 Å². The van der Waals surface area contributed by atoms with Crippen molar-refractivity contribution in [3.05, 3.63) is 35.9 Å². The van der Waals surface area contributed by atoms with E-state index in [0.717, 1.165) is 0 Å². The SMILES string of the molecule is CC1CCCC/C1=N\C(C)c1ccccc1. The van der Waals surface area contributed by atoms with E-state index >= 15 is 0 Å². The van der Waals surface area contributed by atoms with E-state index in [0.29, 0.717) is 12.0 Å². The van der Waals surface area contributed by atoms with Crippen molar-refractivity contribution in [3.63, 3.8) is 0 Å². The average molecular weight is 215 g/mol. The van der Waals surface area contributed by atoms with E-state index in [-0.39, 0.29) is 0 Å². The third-order valence-electron chi connectivity index (χ3n) is 3.53. The van der Waals surface area contributed by atoms with Crippen LogP contribution in [0.2, 0.25) is 0 Å². The van der Waals surface area contributed by atoms with Crippen LogP contribution in [-0.4, -0.2) is 5.71 Å². The highest BCUT2D eigenvalue weighted by atomic mass is 14.8. The molecule has 0 saturated heterocycles. The molecule has 1 heteroatoms. The van der Waals surface area contributed by atoms with Crippen LogP contribution in [0.3, 0.4) is 0 Å². The van der Waals surface area contributed by atoms with Gasteiger partial charge in [-0.25, -0.2) is 0 Å². The summed E-state index contributed by atoms with van der Waals surface area (Å²) in [6.07, 6.45) is 5.23. The molecule has 1 fully saturated rings. The van der Waals surface area contributed by atoms with Gasteiger partial charge in [0.2, 0.25) is 0 Å². The Hall–Kier alpha value is -1.11. The molecular weight excluding hydrogens is 194 g/mol. The van der Waals surface area contributed by atoms with E-state index in [1.54, 1.807) is 0 Å². The topological polar surface area (TPSA) is 12.4 Å². The third-order valence-corrected chi connectivity index (χ3v) is 3.53. The molecule has 16 heavy (non-hydrogen) atoms. The van der Waals surface area contributed by atoms with Gasteiger partial charge in [-0.05, 0) is 37.7 Å². The Balaban J connectivity index is 2.10. The molecule has 2 atom stereocenters. The van der Waals surface area contributed by atoms with Gasteiger partial charge in [0.1, 0.15) is 0 Å². The predicted molar refractivity (Wildman–Crippen MR) is 69.9 cm³/mol. The summed E-state index contributed by atoms with van der Waals surface area (Å²) in [7, 11) is 0. The first-order chi connectivity index (χ1) is 7.77. The Morgan fingerprint density at radius 1 is 1.19 bits per heavy atom. The highest BCUT2D eigenvalue weighted by molar-refractivity contribution is 5.87. The van der Waals surface area contributed by atoms with E-state index in [1.165, 1.54) is 37.0 Å². The maximum atomic E-state index is 4.90. The maximum Gasteiger partial charge on any atom is 0.0720 e. The van der Waals surface area contributed by atoms with Crippen LogP contribution in [0.5, 0.6) is 0 Å². The number of nitrogens with zero attached hydrogens (tertiary/aromatic N) is 1. The van der Waals surface area contributed by atoms with Crippen LogP contribution in [0.1, 0.15) is 51.1 Å². The smallest absolute Gasteiger partial charge is 0.0720 e. The summed E-state index contributed by atoms with van der Waals surface area (Å²) in [4.78, 5) is 4.90. The van der Waals surface area contributed by atoms with Gasteiger partial charge in [-0.2, -0.15) is 0 Å². The van der Waals surface area contributed by atoms with Crippen LogP contribution >= 0.6 is 0 Å². The monoisotopic (exact) mass is 215 g/mol. The number of benzene rings is 1. The van der Waals surface area contributed by atoms with Crippen LogP contribution in [-0.2, 0) is 0 Å². The first kappa shape index (κ1) is 11.4. The minimum atomic E-state index is 0.316. The lowest BCUT2D eigenvalue weighted by atomic mass is 9.88. The van der Waals surface area contributed by atoms with E-state index in [1.807, 2.05) is 0 Å². The molecule has 0 bridgehead atoms. The Kier molecular flexibility index (Phi) is 3.76. The summed E-state index contributed by atoms with van der Waals surface area (Å²) in [5, 5.41) is 0. The molecule has 0 radical (unpaired) electrons. The summed E-state index contributed by atoms with van der Waals surface area (Å²) in [6.45, 7) is 4.51. The molecule has 0 aliphatic heterocycles. The van der Waals surface area contributed by atoms with Gasteiger partial charge in [0.05, 0.1) is 6.04 Å². The molecule has 0 spiro atoms. The molecule has 86 valence electrons. The van der Waals surface area contributed by atoms with E-state index in [2.05, 4.69) is 44.2 Å². The summed E-state index contributed by atoms with van der Waals surface area (Å²) in [6, 6.07) is 10.9. The standard InChI is InChI=1S/C15H21N/c1-12-8-6-7-11-15(12)16-13(2)14-9-4-3-5-10-14/h3-5,9-10,12-13H,6-8,11H2,1-2H3/b16-15+. The zero-order valence-corrected chi connectivity index (χ0v) is 10.3. The highest BCUT2D eigenvalue weighted by Crippen LogP contribution is 2.25. The van der Waals surface area contributed by atoms with Crippen molar-refractivity contribution in [2.45, 2.75) is 45.6 Å². The molecule has 2 rings (SSSR count). The van der Waals surface area contributed by atoms with Gasteiger partial charge in [-0.3, -0.25) is 4.99 Å². The Bertz CT molecular complexity index is 353. The van der Waals surface area contributed by atoms with E-state index < -0.39 is 0 Å². The largest absolute Gasteiger partial charge is 0.286 e. The molecular formula is C15H21N. The summed E-state index contributed by atoms with van der Waals surface area (Å²) < 4.78 is 0. The Labute approximate surface area is 98.6 Å². The van der Waals surface area contributed by atoms with Gasteiger partial charge in [0.25, 0.3) is 0 Å². The molecule has 1 nitrogen and oxygen atoms in total. The zero-order chi connectivity index (χ0) is 11.4. The third kappa shape index (κ3) is 2.72. The molecule has 1 saturated carbocycles. The first-order valence-electron chi connectivity index (χ1n) is 6.39. The fraction of sp³-hybridized carbons (Fsp3) is 0.533. The summed E-state index contributed by atoms with van der Waals surface area (Å²) in [5.74, 6) is 0.694. The van der Waals surface area contributed by atoms with Gasteiger partial charge in [-0.1, -0.05) is 43.7 Å². The van der Waals surface area contributed by atoms with Crippen molar-refractivity contribution in [2.24, 2.45) is 10.9 Å². The number of hydrogen-bond acceptors (Lipinski definition) is 1. The molecule has 1 aromatic rings. The average Bonchev–Trinajstić information content (AvgIpc) is 2.33. The van der Waals surface area contributed by atoms with E-state index in [9.17, 15) is 0 Å². The van der Waals surface area contributed by atoms with Crippen molar-refractivity contribution in [1.82, 2.24) is 0 Å². The summed E-state index contributed by atoms with van der Waals surface area (Å²) in [5.41, 5.74) is 2.76. The fourth-order valence-corrected chi connectivity index (χ4v) is 2.42. The van der Waals surface area contributed by atoms with Gasteiger partial charge in [0, 0.05) is 5.71 Å². The Morgan fingerprint density at radius 2 is 1.94 bits per heavy atom. The number of hydrogen-bond donors (Lipinski definition) is 0. The number of aliphatic imine (C=N–C) groups is 1. The second-order valence-corrected chi connectivity index (χ2v) is 4.85. The molecule has 0 aromatic heterocycles. The van der Waals surface area contributed by atoms with Crippen LogP contribution in [0, 0.1) is 5.92 Å². The lowest BCUT2D eigenvalue weighted by Gasteiger charge is -2.22. The van der Waals surface area contributed by atoms with E-state index in [4.69, 9.17) is 4.99 Å². The zero-order valence-electron chi connectivity index (χ0n) is 10.3. The van der Waals surface area contributed by atoms with Crippen LogP contribution in [0.15, 0.2) is 35.3 Å². The molecule has 1 aliphatic rings. The second-order valence-electron chi connectivity index (χ2n) is 4.85. The van der Waals surface area contributed by atoms with Crippen molar-refractivity contribution in [3.8, 4) is 0 Å².